The number of H-pyrrole nitrogens is 1. The third-order valence-electron chi connectivity index (χ3n) is 4.41. The van der Waals surface area contributed by atoms with E-state index in [2.05, 4.69) is 20.4 Å². The number of nitrogens with one attached hydrogen (secondary N) is 2. The Bertz CT molecular complexity index is 812. The molecule has 1 aromatic heterocycles. The molecule has 0 atom stereocenters. The summed E-state index contributed by atoms with van der Waals surface area (Å²) < 4.78 is 5.33. The molecule has 1 aromatic carbocycles. The van der Waals surface area contributed by atoms with E-state index in [0.29, 0.717) is 23.2 Å². The Morgan fingerprint density at radius 2 is 2.12 bits per heavy atom. The normalized spacial score (nSPS) is 15.0. The number of hydrogen-bond donors (Lipinski definition) is 2. The van der Waals surface area contributed by atoms with Gasteiger partial charge < -0.3 is 10.1 Å². The summed E-state index contributed by atoms with van der Waals surface area (Å²) in [5.41, 5.74) is 2.22. The van der Waals surface area contributed by atoms with Crippen molar-refractivity contribution in [2.24, 2.45) is 0 Å². The molecule has 7 heteroatoms. The number of aromatic nitrogens is 2. The number of nitrogens with zero attached hydrogens (tertiary/aromatic N) is 2. The van der Waals surface area contributed by atoms with Gasteiger partial charge in [-0.05, 0) is 43.7 Å². The summed E-state index contributed by atoms with van der Waals surface area (Å²) in [5, 5.41) is 9.30. The average Bonchev–Trinajstić information content (AvgIpc) is 2.68. The van der Waals surface area contributed by atoms with E-state index in [9.17, 15) is 9.59 Å². The number of amides is 1. The number of aryl methyl sites for hydroxylation is 1. The van der Waals surface area contributed by atoms with Crippen LogP contribution in [0.4, 0.5) is 0 Å². The SMILES string of the molecule is Cc1cc(-c2cccc(C(=O)NCCCN3CCOCC3)c2)c(=O)[nH]n1. The lowest BCUT2D eigenvalue weighted by Crippen LogP contribution is -2.38. The maximum absolute atomic E-state index is 12.4. The van der Waals surface area contributed by atoms with Crippen LogP contribution in [0, 0.1) is 6.92 Å². The van der Waals surface area contributed by atoms with Gasteiger partial charge in [-0.1, -0.05) is 12.1 Å². The molecule has 1 aliphatic rings. The molecule has 1 aliphatic heterocycles. The fourth-order valence-electron chi connectivity index (χ4n) is 2.98. The summed E-state index contributed by atoms with van der Waals surface area (Å²) in [6, 6.07) is 8.81. The van der Waals surface area contributed by atoms with Crippen molar-refractivity contribution in [3.63, 3.8) is 0 Å². The zero-order chi connectivity index (χ0) is 18.4. The zero-order valence-electron chi connectivity index (χ0n) is 15.0. The van der Waals surface area contributed by atoms with Crippen molar-refractivity contribution in [3.05, 3.63) is 51.9 Å². The molecule has 0 aliphatic carbocycles. The van der Waals surface area contributed by atoms with Gasteiger partial charge in [0.1, 0.15) is 0 Å². The molecule has 2 N–H and O–H groups in total. The van der Waals surface area contributed by atoms with Gasteiger partial charge in [0.05, 0.1) is 24.5 Å². The van der Waals surface area contributed by atoms with E-state index < -0.39 is 0 Å². The summed E-state index contributed by atoms with van der Waals surface area (Å²) in [4.78, 5) is 26.7. The van der Waals surface area contributed by atoms with Crippen molar-refractivity contribution < 1.29 is 9.53 Å². The Morgan fingerprint density at radius 1 is 1.31 bits per heavy atom. The molecule has 7 nitrogen and oxygen atoms in total. The molecular formula is C19H24N4O3. The number of hydrogen-bond acceptors (Lipinski definition) is 5. The van der Waals surface area contributed by atoms with Gasteiger partial charge in [-0.15, -0.1) is 0 Å². The smallest absolute Gasteiger partial charge is 0.272 e. The Morgan fingerprint density at radius 3 is 2.92 bits per heavy atom. The van der Waals surface area contributed by atoms with Crippen LogP contribution < -0.4 is 10.9 Å². The van der Waals surface area contributed by atoms with Gasteiger partial charge in [0, 0.05) is 25.2 Å². The fourth-order valence-corrected chi connectivity index (χ4v) is 2.98. The molecule has 1 saturated heterocycles. The fraction of sp³-hybridized carbons (Fsp3) is 0.421. The molecule has 1 fully saturated rings. The van der Waals surface area contributed by atoms with Crippen molar-refractivity contribution >= 4 is 5.91 Å². The standard InChI is InChI=1S/C19H24N4O3/c1-14-12-17(19(25)22-21-14)15-4-2-5-16(13-15)18(24)20-6-3-7-23-8-10-26-11-9-23/h2,4-5,12-13H,3,6-11H2,1H3,(H,20,24)(H,22,25). The van der Waals surface area contributed by atoms with E-state index in [1.54, 1.807) is 24.3 Å². The monoisotopic (exact) mass is 356 g/mol. The van der Waals surface area contributed by atoms with Crippen molar-refractivity contribution in [1.82, 2.24) is 20.4 Å². The molecule has 1 amide bonds. The first-order chi connectivity index (χ1) is 12.6. The highest BCUT2D eigenvalue weighted by Crippen LogP contribution is 2.17. The Kier molecular flexibility index (Phi) is 6.14. The van der Waals surface area contributed by atoms with Crippen LogP contribution in [0.5, 0.6) is 0 Å². The predicted molar refractivity (Wildman–Crippen MR) is 99.2 cm³/mol. The van der Waals surface area contributed by atoms with Crippen LogP contribution in [0.25, 0.3) is 11.1 Å². The molecule has 0 radical (unpaired) electrons. The van der Waals surface area contributed by atoms with Gasteiger partial charge in [0.2, 0.25) is 0 Å². The minimum absolute atomic E-state index is 0.129. The minimum Gasteiger partial charge on any atom is -0.379 e. The van der Waals surface area contributed by atoms with Crippen molar-refractivity contribution in [2.45, 2.75) is 13.3 Å². The lowest BCUT2D eigenvalue weighted by atomic mass is 10.0. The van der Waals surface area contributed by atoms with Crippen molar-refractivity contribution in [1.29, 1.82) is 0 Å². The van der Waals surface area contributed by atoms with Crippen LogP contribution >= 0.6 is 0 Å². The molecule has 0 unspecified atom stereocenters. The van der Waals surface area contributed by atoms with E-state index in [4.69, 9.17) is 4.74 Å². The maximum atomic E-state index is 12.4. The lowest BCUT2D eigenvalue weighted by molar-refractivity contribution is 0.0374. The molecule has 2 heterocycles. The van der Waals surface area contributed by atoms with Crippen molar-refractivity contribution in [2.75, 3.05) is 39.4 Å². The molecule has 0 spiro atoms. The van der Waals surface area contributed by atoms with Gasteiger partial charge in [-0.2, -0.15) is 5.10 Å². The number of carbonyl (C=O) groups is 1. The molecule has 138 valence electrons. The number of carbonyl (C=O) groups excluding carboxylic acids is 1. The first kappa shape index (κ1) is 18.3. The molecule has 0 bridgehead atoms. The van der Waals surface area contributed by atoms with E-state index >= 15 is 0 Å². The predicted octanol–water partition coefficient (Wildman–Crippen LogP) is 1.20. The topological polar surface area (TPSA) is 87.3 Å². The van der Waals surface area contributed by atoms with E-state index in [1.165, 1.54) is 0 Å². The largest absolute Gasteiger partial charge is 0.379 e. The number of ether oxygens (including phenoxy) is 1. The summed E-state index contributed by atoms with van der Waals surface area (Å²) in [5.74, 6) is -0.129. The summed E-state index contributed by atoms with van der Waals surface area (Å²) in [6.45, 7) is 6.86. The maximum Gasteiger partial charge on any atom is 0.272 e. The van der Waals surface area contributed by atoms with Crippen LogP contribution in [-0.2, 0) is 4.74 Å². The molecule has 2 aromatic rings. The molecule has 26 heavy (non-hydrogen) atoms. The second-order valence-electron chi connectivity index (χ2n) is 6.40. The molecular weight excluding hydrogens is 332 g/mol. The van der Waals surface area contributed by atoms with E-state index in [-0.39, 0.29) is 11.5 Å². The summed E-state index contributed by atoms with van der Waals surface area (Å²) >= 11 is 0. The zero-order valence-corrected chi connectivity index (χ0v) is 15.0. The van der Waals surface area contributed by atoms with Gasteiger partial charge in [0.25, 0.3) is 11.5 Å². The third-order valence-corrected chi connectivity index (χ3v) is 4.41. The highest BCUT2D eigenvalue weighted by atomic mass is 16.5. The van der Waals surface area contributed by atoms with Gasteiger partial charge >= 0.3 is 0 Å². The third kappa shape index (κ3) is 4.77. The Balaban J connectivity index is 1.58. The van der Waals surface area contributed by atoms with Gasteiger partial charge in [-0.25, -0.2) is 5.10 Å². The van der Waals surface area contributed by atoms with E-state index in [1.807, 2.05) is 13.0 Å². The second kappa shape index (κ2) is 8.73. The first-order valence-electron chi connectivity index (χ1n) is 8.88. The molecule has 0 saturated carbocycles. The summed E-state index contributed by atoms with van der Waals surface area (Å²) in [7, 11) is 0. The highest BCUT2D eigenvalue weighted by Gasteiger charge is 2.11. The van der Waals surface area contributed by atoms with Gasteiger partial charge in [-0.3, -0.25) is 14.5 Å². The average molecular weight is 356 g/mol. The van der Waals surface area contributed by atoms with Crippen LogP contribution in [0.1, 0.15) is 22.5 Å². The Hall–Kier alpha value is -2.51. The van der Waals surface area contributed by atoms with Crippen molar-refractivity contribution in [3.8, 4) is 11.1 Å². The summed E-state index contributed by atoms with van der Waals surface area (Å²) in [6.07, 6.45) is 0.897. The van der Waals surface area contributed by atoms with Crippen LogP contribution in [0.15, 0.2) is 35.1 Å². The van der Waals surface area contributed by atoms with Gasteiger partial charge in [0.15, 0.2) is 0 Å². The Labute approximate surface area is 152 Å². The number of benzene rings is 1. The number of morpholine rings is 1. The highest BCUT2D eigenvalue weighted by molar-refractivity contribution is 5.95. The number of aromatic amines is 1. The van der Waals surface area contributed by atoms with Crippen LogP contribution in [-0.4, -0.2) is 60.4 Å². The minimum atomic E-state index is -0.265. The van der Waals surface area contributed by atoms with Crippen LogP contribution in [0.2, 0.25) is 0 Å². The van der Waals surface area contributed by atoms with Crippen LogP contribution in [0.3, 0.4) is 0 Å². The quantitative estimate of drug-likeness (QED) is 0.760. The molecule has 3 rings (SSSR count). The lowest BCUT2D eigenvalue weighted by Gasteiger charge is -2.26. The second-order valence-corrected chi connectivity index (χ2v) is 6.40. The number of rotatable bonds is 6. The van der Waals surface area contributed by atoms with E-state index in [0.717, 1.165) is 45.0 Å². The first-order valence-corrected chi connectivity index (χ1v) is 8.88.